The molecule has 1 atom stereocenters. The number of hydrogen-bond donors (Lipinski definition) is 2. The Morgan fingerprint density at radius 1 is 1.35 bits per heavy atom. The number of halogens is 1. The third kappa shape index (κ3) is 4.92. The molecule has 1 aliphatic rings. The number of rotatable bonds is 5. The number of primary amides is 1. The number of carbonyl (C=O) groups excluding carboxylic acids is 2. The van der Waals surface area contributed by atoms with Crippen LogP contribution >= 0.6 is 27.3 Å². The van der Waals surface area contributed by atoms with E-state index in [9.17, 15) is 9.59 Å². The van der Waals surface area contributed by atoms with E-state index in [0.29, 0.717) is 12.2 Å². The standard InChI is InChI=1S/C18H19BrN4O2S/c19-15-6-4-14(26-15)5-8-17(24)22-13-3-7-16(21-10-13)23-9-1-2-12(11-23)18(20)25/h3-8,10,12H,1-2,9,11H2,(H2,20,25)(H,22,24)/b8-5+. The average Bonchev–Trinajstić information content (AvgIpc) is 3.06. The van der Waals surface area contributed by atoms with Crippen LogP contribution in [-0.2, 0) is 9.59 Å². The van der Waals surface area contributed by atoms with Crippen LogP contribution in [0.2, 0.25) is 0 Å². The lowest BCUT2D eigenvalue weighted by Gasteiger charge is -2.32. The molecule has 3 rings (SSSR count). The smallest absolute Gasteiger partial charge is 0.248 e. The Hall–Kier alpha value is -2.19. The molecule has 2 aromatic rings. The molecule has 1 unspecified atom stereocenters. The fraction of sp³-hybridized carbons (Fsp3) is 0.278. The van der Waals surface area contributed by atoms with Gasteiger partial charge in [-0.15, -0.1) is 11.3 Å². The molecule has 0 aromatic carbocycles. The zero-order valence-corrected chi connectivity index (χ0v) is 16.4. The maximum atomic E-state index is 12.0. The second-order valence-electron chi connectivity index (χ2n) is 6.06. The summed E-state index contributed by atoms with van der Waals surface area (Å²) in [7, 11) is 0. The molecule has 26 heavy (non-hydrogen) atoms. The van der Waals surface area contributed by atoms with Crippen molar-refractivity contribution in [3.05, 3.63) is 45.2 Å². The van der Waals surface area contributed by atoms with E-state index in [1.54, 1.807) is 23.6 Å². The first-order valence-electron chi connectivity index (χ1n) is 8.26. The van der Waals surface area contributed by atoms with E-state index in [1.165, 1.54) is 6.08 Å². The second-order valence-corrected chi connectivity index (χ2v) is 8.55. The number of hydrogen-bond acceptors (Lipinski definition) is 5. The van der Waals surface area contributed by atoms with Crippen molar-refractivity contribution in [2.24, 2.45) is 11.7 Å². The van der Waals surface area contributed by atoms with E-state index in [2.05, 4.69) is 31.1 Å². The van der Waals surface area contributed by atoms with Crippen molar-refractivity contribution in [1.29, 1.82) is 0 Å². The van der Waals surface area contributed by atoms with Gasteiger partial charge in [-0.3, -0.25) is 9.59 Å². The van der Waals surface area contributed by atoms with Crippen LogP contribution in [0.5, 0.6) is 0 Å². The fourth-order valence-corrected chi connectivity index (χ4v) is 4.15. The van der Waals surface area contributed by atoms with Crippen molar-refractivity contribution < 1.29 is 9.59 Å². The summed E-state index contributed by atoms with van der Waals surface area (Å²) in [5.41, 5.74) is 6.04. The predicted octanol–water partition coefficient (Wildman–Crippen LogP) is 3.26. The summed E-state index contributed by atoms with van der Waals surface area (Å²) in [6.07, 6.45) is 6.62. The largest absolute Gasteiger partial charge is 0.369 e. The zero-order valence-electron chi connectivity index (χ0n) is 14.0. The zero-order chi connectivity index (χ0) is 18.5. The third-order valence-corrected chi connectivity index (χ3v) is 5.75. The fourth-order valence-electron chi connectivity index (χ4n) is 2.82. The van der Waals surface area contributed by atoms with Gasteiger partial charge in [0.15, 0.2) is 0 Å². The van der Waals surface area contributed by atoms with Gasteiger partial charge in [-0.05, 0) is 59.1 Å². The molecule has 0 spiro atoms. The number of pyridine rings is 1. The minimum atomic E-state index is -0.261. The molecule has 136 valence electrons. The molecule has 0 bridgehead atoms. The number of nitrogens with two attached hydrogens (primary N) is 1. The van der Waals surface area contributed by atoms with Crippen LogP contribution < -0.4 is 16.0 Å². The lowest BCUT2D eigenvalue weighted by molar-refractivity contribution is -0.122. The molecule has 1 aliphatic heterocycles. The highest BCUT2D eigenvalue weighted by Gasteiger charge is 2.24. The lowest BCUT2D eigenvalue weighted by Crippen LogP contribution is -2.41. The molecular formula is C18H19BrN4O2S. The van der Waals surface area contributed by atoms with Crippen molar-refractivity contribution in [3.63, 3.8) is 0 Å². The number of aromatic nitrogens is 1. The molecule has 0 aliphatic carbocycles. The topological polar surface area (TPSA) is 88.3 Å². The van der Waals surface area contributed by atoms with Gasteiger partial charge in [0.2, 0.25) is 11.8 Å². The van der Waals surface area contributed by atoms with Gasteiger partial charge in [-0.1, -0.05) is 0 Å². The number of carbonyl (C=O) groups is 2. The Morgan fingerprint density at radius 2 is 2.19 bits per heavy atom. The molecule has 2 amide bonds. The van der Waals surface area contributed by atoms with Gasteiger partial charge in [0.25, 0.3) is 0 Å². The second kappa shape index (κ2) is 8.46. The van der Waals surface area contributed by atoms with E-state index >= 15 is 0 Å². The molecule has 3 heterocycles. The lowest BCUT2D eigenvalue weighted by atomic mass is 9.97. The molecule has 1 saturated heterocycles. The van der Waals surface area contributed by atoms with Crippen molar-refractivity contribution in [2.45, 2.75) is 12.8 Å². The Kier molecular flexibility index (Phi) is 6.05. The monoisotopic (exact) mass is 434 g/mol. The van der Waals surface area contributed by atoms with Crippen molar-refractivity contribution in [2.75, 3.05) is 23.3 Å². The van der Waals surface area contributed by atoms with Gasteiger partial charge >= 0.3 is 0 Å². The summed E-state index contributed by atoms with van der Waals surface area (Å²) in [6, 6.07) is 7.53. The van der Waals surface area contributed by atoms with Crippen LogP contribution in [0.1, 0.15) is 17.7 Å². The summed E-state index contributed by atoms with van der Waals surface area (Å²) in [6.45, 7) is 1.44. The SMILES string of the molecule is NC(=O)C1CCCN(c2ccc(NC(=O)/C=C/c3ccc(Br)s3)cn2)C1. The Bertz CT molecular complexity index is 819. The van der Waals surface area contributed by atoms with Gasteiger partial charge in [0.05, 0.1) is 21.6 Å². The molecule has 1 fully saturated rings. The minimum absolute atomic E-state index is 0.132. The normalized spacial score (nSPS) is 17.4. The Morgan fingerprint density at radius 3 is 2.85 bits per heavy atom. The highest BCUT2D eigenvalue weighted by atomic mass is 79.9. The van der Waals surface area contributed by atoms with E-state index in [0.717, 1.165) is 33.9 Å². The number of amides is 2. The van der Waals surface area contributed by atoms with Gasteiger partial charge < -0.3 is 16.0 Å². The molecule has 6 nitrogen and oxygen atoms in total. The number of thiophene rings is 1. The molecule has 8 heteroatoms. The predicted molar refractivity (Wildman–Crippen MR) is 108 cm³/mol. The van der Waals surface area contributed by atoms with Gasteiger partial charge in [-0.2, -0.15) is 0 Å². The molecule has 2 aromatic heterocycles. The maximum Gasteiger partial charge on any atom is 0.248 e. The van der Waals surface area contributed by atoms with Crippen molar-refractivity contribution >= 4 is 56.7 Å². The Balaban J connectivity index is 1.58. The van der Waals surface area contributed by atoms with E-state index in [-0.39, 0.29) is 17.7 Å². The van der Waals surface area contributed by atoms with Crippen LogP contribution in [0.4, 0.5) is 11.5 Å². The summed E-state index contributed by atoms with van der Waals surface area (Å²) in [4.78, 5) is 30.8. The number of nitrogens with zero attached hydrogens (tertiary/aromatic N) is 2. The first-order chi connectivity index (χ1) is 12.5. The van der Waals surface area contributed by atoms with Crippen molar-refractivity contribution in [3.8, 4) is 0 Å². The van der Waals surface area contributed by atoms with Crippen LogP contribution in [0, 0.1) is 5.92 Å². The number of piperidine rings is 1. The van der Waals surface area contributed by atoms with Crippen LogP contribution in [0.15, 0.2) is 40.3 Å². The highest BCUT2D eigenvalue weighted by molar-refractivity contribution is 9.11. The Labute approximate surface area is 164 Å². The van der Waals surface area contributed by atoms with E-state index in [4.69, 9.17) is 5.73 Å². The molecule has 3 N–H and O–H groups in total. The minimum Gasteiger partial charge on any atom is -0.369 e. The van der Waals surface area contributed by atoms with Crippen LogP contribution in [0.25, 0.3) is 6.08 Å². The van der Waals surface area contributed by atoms with Gasteiger partial charge in [-0.25, -0.2) is 4.98 Å². The third-order valence-electron chi connectivity index (χ3n) is 4.16. The van der Waals surface area contributed by atoms with Crippen molar-refractivity contribution in [1.82, 2.24) is 4.98 Å². The summed E-state index contributed by atoms with van der Waals surface area (Å²) >= 11 is 4.95. The van der Waals surface area contributed by atoms with Crippen LogP contribution in [-0.4, -0.2) is 29.9 Å². The summed E-state index contributed by atoms with van der Waals surface area (Å²) < 4.78 is 1.02. The number of anilines is 2. The first-order valence-corrected chi connectivity index (χ1v) is 9.87. The van der Waals surface area contributed by atoms with E-state index < -0.39 is 0 Å². The van der Waals surface area contributed by atoms with E-state index in [1.807, 2.05) is 24.3 Å². The molecular weight excluding hydrogens is 416 g/mol. The maximum absolute atomic E-state index is 12.0. The first kappa shape index (κ1) is 18.6. The van der Waals surface area contributed by atoms with Gasteiger partial charge in [0, 0.05) is 24.0 Å². The molecule has 0 saturated carbocycles. The summed E-state index contributed by atoms with van der Waals surface area (Å²) in [5, 5.41) is 2.79. The molecule has 0 radical (unpaired) electrons. The van der Waals surface area contributed by atoms with Crippen LogP contribution in [0.3, 0.4) is 0 Å². The summed E-state index contributed by atoms with van der Waals surface area (Å²) in [5.74, 6) is 0.180. The number of nitrogens with one attached hydrogen (secondary N) is 1. The highest BCUT2D eigenvalue weighted by Crippen LogP contribution is 2.24. The quantitative estimate of drug-likeness (QED) is 0.706. The van der Waals surface area contributed by atoms with Gasteiger partial charge in [0.1, 0.15) is 5.82 Å². The average molecular weight is 435 g/mol.